The molecule has 0 amide bonds. The van der Waals surface area contributed by atoms with Gasteiger partial charge in [-0.25, -0.2) is 13.1 Å². The van der Waals surface area contributed by atoms with E-state index in [4.69, 9.17) is 4.74 Å². The number of ether oxygens (including phenoxy) is 1. The molecule has 0 aromatic rings. The third-order valence-corrected chi connectivity index (χ3v) is 5.00. The van der Waals surface area contributed by atoms with E-state index < -0.39 is 15.6 Å². The van der Waals surface area contributed by atoms with Crippen LogP contribution in [0.1, 0.15) is 39.0 Å². The predicted molar refractivity (Wildman–Crippen MR) is 66.3 cm³/mol. The Labute approximate surface area is 104 Å². The van der Waals surface area contributed by atoms with E-state index in [0.29, 0.717) is 0 Å². The highest BCUT2D eigenvalue weighted by Gasteiger charge is 2.29. The van der Waals surface area contributed by atoms with Crippen LogP contribution in [0, 0.1) is 0 Å². The molecule has 0 aliphatic heterocycles. The standard InChI is InChI=1S/C11H23NO4S/c1-11(13,9-16-2)8-12-17(14,15)10-6-4-3-5-7-10/h10,12-13H,3-9H2,1-2H3/t11-/m1/s1. The molecular formula is C11H23NO4S. The van der Waals surface area contributed by atoms with Gasteiger partial charge in [0.1, 0.15) is 0 Å². The van der Waals surface area contributed by atoms with Crippen molar-refractivity contribution in [3.8, 4) is 0 Å². The quantitative estimate of drug-likeness (QED) is 0.739. The Morgan fingerprint density at radius 1 is 1.35 bits per heavy atom. The number of methoxy groups -OCH3 is 1. The van der Waals surface area contributed by atoms with Gasteiger partial charge in [0.2, 0.25) is 10.0 Å². The minimum absolute atomic E-state index is 0.000324. The number of nitrogens with one attached hydrogen (secondary N) is 1. The van der Waals surface area contributed by atoms with Crippen LogP contribution in [0.25, 0.3) is 0 Å². The zero-order valence-corrected chi connectivity index (χ0v) is 11.4. The Bertz CT molecular complexity index is 320. The van der Waals surface area contributed by atoms with E-state index in [-0.39, 0.29) is 18.4 Å². The lowest BCUT2D eigenvalue weighted by Crippen LogP contribution is -2.46. The third kappa shape index (κ3) is 4.91. The second-order valence-electron chi connectivity index (χ2n) is 5.06. The second kappa shape index (κ2) is 6.13. The molecule has 0 saturated heterocycles. The van der Waals surface area contributed by atoms with Crippen LogP contribution in [0.15, 0.2) is 0 Å². The van der Waals surface area contributed by atoms with Crippen molar-refractivity contribution in [2.45, 2.75) is 49.9 Å². The van der Waals surface area contributed by atoms with Crippen LogP contribution >= 0.6 is 0 Å². The van der Waals surface area contributed by atoms with E-state index in [0.717, 1.165) is 32.1 Å². The van der Waals surface area contributed by atoms with Gasteiger partial charge in [0.05, 0.1) is 17.5 Å². The van der Waals surface area contributed by atoms with Crippen molar-refractivity contribution < 1.29 is 18.3 Å². The lowest BCUT2D eigenvalue weighted by Gasteiger charge is -2.26. The first-order valence-electron chi connectivity index (χ1n) is 6.07. The van der Waals surface area contributed by atoms with Crippen molar-refractivity contribution in [3.63, 3.8) is 0 Å². The summed E-state index contributed by atoms with van der Waals surface area (Å²) >= 11 is 0. The fourth-order valence-corrected chi connectivity index (χ4v) is 3.81. The van der Waals surface area contributed by atoms with E-state index in [1.807, 2.05) is 0 Å². The zero-order valence-electron chi connectivity index (χ0n) is 10.6. The SMILES string of the molecule is COC[C@](C)(O)CNS(=O)(=O)C1CCCCC1. The van der Waals surface area contributed by atoms with Crippen molar-refractivity contribution in [2.75, 3.05) is 20.3 Å². The average Bonchev–Trinajstić information content (AvgIpc) is 2.28. The van der Waals surface area contributed by atoms with Crippen LogP contribution in [-0.4, -0.2) is 44.6 Å². The minimum Gasteiger partial charge on any atom is -0.386 e. The van der Waals surface area contributed by atoms with E-state index >= 15 is 0 Å². The smallest absolute Gasteiger partial charge is 0.214 e. The van der Waals surface area contributed by atoms with Gasteiger partial charge in [-0.3, -0.25) is 0 Å². The molecule has 5 nitrogen and oxygen atoms in total. The van der Waals surface area contributed by atoms with Gasteiger partial charge in [-0.05, 0) is 19.8 Å². The Balaban J connectivity index is 2.49. The molecule has 1 saturated carbocycles. The number of hydrogen-bond donors (Lipinski definition) is 2. The molecule has 0 radical (unpaired) electrons. The molecule has 6 heteroatoms. The summed E-state index contributed by atoms with van der Waals surface area (Å²) < 4.78 is 31.3. The first kappa shape index (κ1) is 14.9. The average molecular weight is 265 g/mol. The molecule has 2 N–H and O–H groups in total. The molecule has 0 bridgehead atoms. The summed E-state index contributed by atoms with van der Waals surface area (Å²) in [5, 5.41) is 9.53. The Kier molecular flexibility index (Phi) is 5.37. The van der Waals surface area contributed by atoms with Crippen LogP contribution in [0.5, 0.6) is 0 Å². The van der Waals surface area contributed by atoms with Crippen LogP contribution < -0.4 is 4.72 Å². The lowest BCUT2D eigenvalue weighted by atomic mass is 10.0. The summed E-state index contributed by atoms with van der Waals surface area (Å²) in [6.45, 7) is 1.67. The molecule has 1 fully saturated rings. The molecule has 0 unspecified atom stereocenters. The zero-order chi connectivity index (χ0) is 12.9. The van der Waals surface area contributed by atoms with E-state index in [9.17, 15) is 13.5 Å². The van der Waals surface area contributed by atoms with Crippen LogP contribution in [0.3, 0.4) is 0 Å². The van der Waals surface area contributed by atoms with Gasteiger partial charge in [-0.1, -0.05) is 19.3 Å². The summed E-state index contributed by atoms with van der Waals surface area (Å²) in [5.41, 5.74) is -1.16. The summed E-state index contributed by atoms with van der Waals surface area (Å²) in [6.07, 6.45) is 4.51. The molecule has 1 atom stereocenters. The Hall–Kier alpha value is -0.170. The number of rotatable bonds is 6. The summed E-state index contributed by atoms with van der Waals surface area (Å²) in [5.74, 6) is 0. The molecule has 1 aliphatic rings. The fraction of sp³-hybridized carbons (Fsp3) is 1.00. The maximum Gasteiger partial charge on any atom is 0.214 e. The number of sulfonamides is 1. The highest BCUT2D eigenvalue weighted by Crippen LogP contribution is 2.23. The molecule has 17 heavy (non-hydrogen) atoms. The van der Waals surface area contributed by atoms with Gasteiger partial charge in [0.25, 0.3) is 0 Å². The molecule has 0 aromatic carbocycles. The summed E-state index contributed by atoms with van der Waals surface area (Å²) in [4.78, 5) is 0. The van der Waals surface area contributed by atoms with Crippen LogP contribution in [0.2, 0.25) is 0 Å². The van der Waals surface area contributed by atoms with Crippen molar-refractivity contribution in [2.24, 2.45) is 0 Å². The minimum atomic E-state index is -3.30. The maximum absolute atomic E-state index is 12.0. The van der Waals surface area contributed by atoms with E-state index in [1.165, 1.54) is 7.11 Å². The van der Waals surface area contributed by atoms with Gasteiger partial charge >= 0.3 is 0 Å². The fourth-order valence-electron chi connectivity index (χ4n) is 2.11. The molecule has 0 aromatic heterocycles. The van der Waals surface area contributed by atoms with Crippen molar-refractivity contribution in [1.29, 1.82) is 0 Å². The van der Waals surface area contributed by atoms with E-state index in [2.05, 4.69) is 4.72 Å². The van der Waals surface area contributed by atoms with Gasteiger partial charge < -0.3 is 9.84 Å². The summed E-state index contributed by atoms with van der Waals surface area (Å²) in [6, 6.07) is 0. The predicted octanol–water partition coefficient (Wildman–Crippen LogP) is 0.636. The molecule has 0 heterocycles. The molecular weight excluding hydrogens is 242 g/mol. The van der Waals surface area contributed by atoms with Crippen molar-refractivity contribution >= 4 is 10.0 Å². The topological polar surface area (TPSA) is 75.6 Å². The van der Waals surface area contributed by atoms with Gasteiger partial charge in [-0.15, -0.1) is 0 Å². The molecule has 0 spiro atoms. The maximum atomic E-state index is 12.0. The molecule has 102 valence electrons. The normalized spacial score (nSPS) is 22.3. The van der Waals surface area contributed by atoms with E-state index in [1.54, 1.807) is 6.92 Å². The highest BCUT2D eigenvalue weighted by atomic mass is 32.2. The van der Waals surface area contributed by atoms with Gasteiger partial charge in [0.15, 0.2) is 0 Å². The highest BCUT2D eigenvalue weighted by molar-refractivity contribution is 7.90. The Morgan fingerprint density at radius 2 is 1.94 bits per heavy atom. The largest absolute Gasteiger partial charge is 0.386 e. The van der Waals surface area contributed by atoms with Gasteiger partial charge in [-0.2, -0.15) is 0 Å². The number of hydrogen-bond acceptors (Lipinski definition) is 4. The molecule has 1 aliphatic carbocycles. The molecule has 1 rings (SSSR count). The van der Waals surface area contributed by atoms with Crippen molar-refractivity contribution in [1.82, 2.24) is 4.72 Å². The summed E-state index contributed by atoms with van der Waals surface area (Å²) in [7, 11) is -1.82. The lowest BCUT2D eigenvalue weighted by molar-refractivity contribution is -0.0120. The number of aliphatic hydroxyl groups is 1. The second-order valence-corrected chi connectivity index (χ2v) is 7.10. The third-order valence-electron chi connectivity index (χ3n) is 3.10. The first-order chi connectivity index (χ1) is 7.87. The van der Waals surface area contributed by atoms with Crippen molar-refractivity contribution in [3.05, 3.63) is 0 Å². The monoisotopic (exact) mass is 265 g/mol. The van der Waals surface area contributed by atoms with Crippen LogP contribution in [-0.2, 0) is 14.8 Å². The van der Waals surface area contributed by atoms with Gasteiger partial charge in [0, 0.05) is 13.7 Å². The Morgan fingerprint density at radius 3 is 2.47 bits per heavy atom. The van der Waals surface area contributed by atoms with Crippen LogP contribution in [0.4, 0.5) is 0 Å². The first-order valence-corrected chi connectivity index (χ1v) is 7.62.